The second-order valence-electron chi connectivity index (χ2n) is 14.6. The van der Waals surface area contributed by atoms with Gasteiger partial charge >= 0.3 is 0 Å². The summed E-state index contributed by atoms with van der Waals surface area (Å²) in [6.45, 7) is 4.60. The van der Waals surface area contributed by atoms with E-state index in [1.54, 1.807) is 13.2 Å². The van der Waals surface area contributed by atoms with Gasteiger partial charge in [-0.05, 0) is 98.2 Å². The minimum absolute atomic E-state index is 0.0435. The van der Waals surface area contributed by atoms with Crippen molar-refractivity contribution in [1.82, 2.24) is 36.0 Å². The van der Waals surface area contributed by atoms with Gasteiger partial charge in [0, 0.05) is 71.2 Å². The number of carbonyl (C=O) groups is 4. The highest BCUT2D eigenvalue weighted by Crippen LogP contribution is 2.39. The zero-order chi connectivity index (χ0) is 41.3. The molecule has 8 N–H and O–H groups in total. The van der Waals surface area contributed by atoms with E-state index in [0.717, 1.165) is 54.9 Å². The lowest BCUT2D eigenvalue weighted by Crippen LogP contribution is -2.57. The summed E-state index contributed by atoms with van der Waals surface area (Å²) in [4.78, 5) is 65.8. The summed E-state index contributed by atoms with van der Waals surface area (Å²) in [5.74, 6) is -1.08. The van der Waals surface area contributed by atoms with Crippen LogP contribution in [0.1, 0.15) is 65.8 Å². The number of carbonyl (C=O) groups excluding carboxylic acids is 4. The molecule has 0 saturated carbocycles. The maximum absolute atomic E-state index is 14.7. The summed E-state index contributed by atoms with van der Waals surface area (Å²) in [6, 6.07) is 13.0. The molecule has 6 rings (SSSR count). The number of fused-ring (bicyclic) bond motifs is 3. The van der Waals surface area contributed by atoms with E-state index in [2.05, 4.69) is 60.8 Å². The summed E-state index contributed by atoms with van der Waals surface area (Å²) >= 11 is 3.83. The Balaban J connectivity index is 1.48. The highest BCUT2D eigenvalue weighted by atomic mass is 127. The molecule has 4 amide bonds. The number of hydrogen-bond donors (Lipinski definition) is 6. The van der Waals surface area contributed by atoms with Gasteiger partial charge < -0.3 is 41.8 Å². The Labute approximate surface area is 355 Å². The first-order valence-electron chi connectivity index (χ1n) is 19.4. The summed E-state index contributed by atoms with van der Waals surface area (Å²) in [5, 5.41) is 15.4. The Morgan fingerprint density at radius 2 is 1.81 bits per heavy atom. The number of nitrogens with zero attached hydrogens (tertiary/aromatic N) is 3. The molecule has 58 heavy (non-hydrogen) atoms. The maximum Gasteiger partial charge on any atom is 0.245 e. The second kappa shape index (κ2) is 19.8. The number of aryl methyl sites for hydroxylation is 2. The first kappa shape index (κ1) is 42.8. The Hall–Kier alpha value is -4.78. The number of primary amides is 1. The summed E-state index contributed by atoms with van der Waals surface area (Å²) in [6.07, 6.45) is 5.38. The minimum atomic E-state index is -0.968. The lowest BCUT2D eigenvalue weighted by atomic mass is 9.98. The molecular formula is C42H50IN9O5S. The van der Waals surface area contributed by atoms with Crippen molar-refractivity contribution < 1.29 is 23.7 Å². The van der Waals surface area contributed by atoms with Gasteiger partial charge in [0.2, 0.25) is 23.6 Å². The Morgan fingerprint density at radius 1 is 1.00 bits per heavy atom. The number of para-hydroxylation sites is 1. The highest BCUT2D eigenvalue weighted by Gasteiger charge is 2.34. The number of H-pyrrole nitrogens is 1. The van der Waals surface area contributed by atoms with Crippen LogP contribution >= 0.6 is 34.4 Å². The van der Waals surface area contributed by atoms with Gasteiger partial charge in [-0.3, -0.25) is 19.2 Å². The number of nitrogens with one attached hydrogen (secondary N) is 4. The normalized spacial score (nSPS) is 18.3. The number of rotatable bonds is 11. The van der Waals surface area contributed by atoms with Crippen LogP contribution in [0.3, 0.4) is 0 Å². The Morgan fingerprint density at radius 3 is 2.55 bits per heavy atom. The van der Waals surface area contributed by atoms with Crippen LogP contribution in [0.5, 0.6) is 0 Å². The lowest BCUT2D eigenvalue weighted by molar-refractivity contribution is -0.142. The number of nitrogens with two attached hydrogens (primary N) is 2. The fourth-order valence-electron chi connectivity index (χ4n) is 7.38. The Bertz CT molecular complexity index is 2260. The zero-order valence-electron chi connectivity index (χ0n) is 32.9. The van der Waals surface area contributed by atoms with Gasteiger partial charge in [-0.2, -0.15) is 0 Å². The molecule has 1 aliphatic heterocycles. The van der Waals surface area contributed by atoms with Gasteiger partial charge in [0.25, 0.3) is 0 Å². The van der Waals surface area contributed by atoms with E-state index >= 15 is 0 Å². The molecule has 0 radical (unpaired) electrons. The quantitative estimate of drug-likeness (QED) is 0.0596. The van der Waals surface area contributed by atoms with Crippen molar-refractivity contribution >= 4 is 68.9 Å². The molecule has 0 fully saturated rings. The number of hydrogen-bond acceptors (Lipinski definition) is 10. The predicted octanol–water partition coefficient (Wildman–Crippen LogP) is 4.96. The topological polar surface area (TPSA) is 214 Å². The summed E-state index contributed by atoms with van der Waals surface area (Å²) in [7, 11) is 1.61. The van der Waals surface area contributed by atoms with Crippen LogP contribution in [0.2, 0.25) is 0 Å². The molecule has 0 bridgehead atoms. The number of pyridine rings is 1. The third kappa shape index (κ3) is 10.1. The van der Waals surface area contributed by atoms with Crippen LogP contribution in [-0.2, 0) is 43.1 Å². The molecule has 3 aromatic heterocycles. The average molecular weight is 920 g/mol. The van der Waals surface area contributed by atoms with Gasteiger partial charge in [-0.1, -0.05) is 63.8 Å². The number of unbranched alkanes of at least 4 members (excludes halogenated alkanes) is 1. The van der Waals surface area contributed by atoms with Gasteiger partial charge in [0.15, 0.2) is 0 Å². The maximum atomic E-state index is 14.7. The molecular weight excluding hydrogens is 869 g/mol. The third-order valence-electron chi connectivity index (χ3n) is 10.5. The molecule has 0 saturated heterocycles. The van der Waals surface area contributed by atoms with Crippen molar-refractivity contribution in [3.63, 3.8) is 0 Å². The molecule has 2 aromatic carbocycles. The molecule has 5 aromatic rings. The number of likely N-dealkylation sites (N-methyl/N-ethyl adjacent to an activating group) is 1. The predicted molar refractivity (Wildman–Crippen MR) is 232 cm³/mol. The molecule has 0 unspecified atom stereocenters. The fraction of sp³-hybridized carbons (Fsp3) is 0.381. The van der Waals surface area contributed by atoms with E-state index in [1.165, 1.54) is 16.7 Å². The molecule has 306 valence electrons. The highest BCUT2D eigenvalue weighted by molar-refractivity contribution is 14.1. The van der Waals surface area contributed by atoms with Crippen LogP contribution in [0.4, 0.5) is 0 Å². The van der Waals surface area contributed by atoms with Crippen molar-refractivity contribution in [3.05, 3.63) is 94.6 Å². The van der Waals surface area contributed by atoms with Crippen molar-refractivity contribution in [2.45, 2.75) is 97.9 Å². The van der Waals surface area contributed by atoms with Crippen molar-refractivity contribution in [1.29, 1.82) is 0 Å². The largest absolute Gasteiger partial charge is 0.370 e. The van der Waals surface area contributed by atoms with Crippen molar-refractivity contribution in [3.8, 4) is 11.1 Å². The van der Waals surface area contributed by atoms with Crippen LogP contribution in [0.25, 0.3) is 22.0 Å². The smallest absolute Gasteiger partial charge is 0.245 e. The fourth-order valence-corrected chi connectivity index (χ4v) is 9.35. The number of aromatic nitrogens is 3. The number of benzene rings is 2. The van der Waals surface area contributed by atoms with Gasteiger partial charge in [0.05, 0.1) is 11.7 Å². The second-order valence-corrected chi connectivity index (χ2v) is 16.3. The van der Waals surface area contributed by atoms with Gasteiger partial charge in [-0.25, -0.2) is 4.98 Å². The molecule has 16 heteroatoms. The van der Waals surface area contributed by atoms with E-state index in [4.69, 9.17) is 21.0 Å². The molecule has 1 aliphatic rings. The average Bonchev–Trinajstić information content (AvgIpc) is 3.79. The Kier molecular flexibility index (Phi) is 14.6. The van der Waals surface area contributed by atoms with E-state index in [0.29, 0.717) is 41.0 Å². The number of aromatic amines is 1. The van der Waals surface area contributed by atoms with Gasteiger partial charge in [0.1, 0.15) is 22.9 Å². The van der Waals surface area contributed by atoms with Gasteiger partial charge in [-0.15, -0.1) is 0 Å². The van der Waals surface area contributed by atoms with Crippen LogP contribution in [0.15, 0.2) is 75.4 Å². The monoisotopic (exact) mass is 919 g/mol. The zero-order valence-corrected chi connectivity index (χ0v) is 35.9. The first-order valence-corrected chi connectivity index (χ1v) is 21.7. The first-order chi connectivity index (χ1) is 28.0. The van der Waals surface area contributed by atoms with Crippen LogP contribution in [-0.4, -0.2) is 75.4 Å². The van der Waals surface area contributed by atoms with E-state index in [1.807, 2.05) is 56.4 Å². The number of amides is 4. The third-order valence-corrected chi connectivity index (χ3v) is 12.6. The number of alkyl halides is 1. The molecule has 4 heterocycles. The van der Waals surface area contributed by atoms with Crippen molar-refractivity contribution in [2.24, 2.45) is 11.5 Å². The molecule has 14 nitrogen and oxygen atoms in total. The SMILES string of the molecule is Cc1noc(C)c1-c1cc(CI)c2c(c1)CNC(=O)[C@H](Cc1c[nH]c3ccccc13)N(C)C(=O)[C@H](CCCCN)NC(=O)[C@H](CCC(N)=O)NCc1cccnc1S2. The molecule has 3 atom stereocenters. The standard InChI is InChI=1S/C42H50IN9O5S/c1-24-37(25(2)57-51-24)27-17-28(20-43)38-30(18-27)23-49-40(55)35(19-29-22-47-32-11-5-4-10-31(29)32)52(3)42(56)34(12-6-7-15-44)50-39(54)33(13-14-36(45)53)48-21-26-9-8-16-46-41(26)58-38/h4-5,8-11,16-18,22,33-35,47-48H,6-7,12-15,19-21,23,44H2,1-3H3,(H2,45,53)(H,49,55)(H,50,54)/t33-,34-,35-/m0/s1. The molecule has 0 aliphatic carbocycles. The van der Waals surface area contributed by atoms with Crippen LogP contribution in [0, 0.1) is 13.8 Å². The minimum Gasteiger partial charge on any atom is -0.370 e. The van der Waals surface area contributed by atoms with Crippen LogP contribution < -0.4 is 27.4 Å². The lowest BCUT2D eigenvalue weighted by Gasteiger charge is -2.32. The number of halogens is 1. The molecule has 0 spiro atoms. The summed E-state index contributed by atoms with van der Waals surface area (Å²) in [5.41, 5.74) is 18.4. The van der Waals surface area contributed by atoms with E-state index in [9.17, 15) is 19.2 Å². The van der Waals surface area contributed by atoms with E-state index < -0.39 is 35.8 Å². The van der Waals surface area contributed by atoms with Crippen molar-refractivity contribution in [2.75, 3.05) is 13.6 Å². The summed E-state index contributed by atoms with van der Waals surface area (Å²) < 4.78 is 6.21. The van der Waals surface area contributed by atoms with E-state index in [-0.39, 0.29) is 38.3 Å².